The average Bonchev–Trinajstić information content (AvgIpc) is 1.78. The largest absolute Gasteiger partial charge is 0.344 e. The molecule has 3 N–H and O–H groups in total. The minimum Gasteiger partial charge on any atom is -0.344 e. The van der Waals surface area contributed by atoms with Gasteiger partial charge in [-0.1, -0.05) is 48.0 Å². The van der Waals surface area contributed by atoms with Gasteiger partial charge in [0.15, 0.2) is 0 Å². The summed E-state index contributed by atoms with van der Waals surface area (Å²) < 4.78 is 0. The van der Waals surface area contributed by atoms with Gasteiger partial charge in [-0.3, -0.25) is 0 Å². The van der Waals surface area contributed by atoms with Crippen molar-refractivity contribution >= 4 is 0 Å². The fraction of sp³-hybridized carbons (Fsp3) is 1.00. The highest BCUT2D eigenvalue weighted by Crippen LogP contribution is 1.56. The number of hydrogen-bond donors (Lipinski definition) is 1. The SMILES string of the molecule is CC.CC.CCC.N.[HH]. The van der Waals surface area contributed by atoms with Crippen LogP contribution in [0.4, 0.5) is 0 Å². The third-order valence-electron chi connectivity index (χ3n) is 0. The van der Waals surface area contributed by atoms with Crippen LogP contribution in [0.2, 0.25) is 0 Å². The molecule has 0 aromatic carbocycles. The summed E-state index contributed by atoms with van der Waals surface area (Å²) in [5, 5.41) is 0. The molecule has 58 valence electrons. The summed E-state index contributed by atoms with van der Waals surface area (Å²) in [6, 6.07) is 0. The Labute approximate surface area is 56.6 Å². The van der Waals surface area contributed by atoms with Crippen molar-refractivity contribution in [1.82, 2.24) is 6.15 Å². The zero-order valence-corrected chi connectivity index (χ0v) is 7.41. The van der Waals surface area contributed by atoms with E-state index in [1.54, 1.807) is 0 Å². The first-order chi connectivity index (χ1) is 3.41. The van der Waals surface area contributed by atoms with E-state index >= 15 is 0 Å². The van der Waals surface area contributed by atoms with Crippen LogP contribution in [0.3, 0.4) is 0 Å². The molecule has 0 aromatic rings. The van der Waals surface area contributed by atoms with Gasteiger partial charge in [-0.25, -0.2) is 0 Å². The zero-order chi connectivity index (χ0) is 6.71. The molecule has 0 aliphatic heterocycles. The van der Waals surface area contributed by atoms with Crippen LogP contribution >= 0.6 is 0 Å². The molecule has 0 radical (unpaired) electrons. The topological polar surface area (TPSA) is 35.0 Å². The lowest BCUT2D eigenvalue weighted by Gasteiger charge is -1.48. The first kappa shape index (κ1) is 24.6. The summed E-state index contributed by atoms with van der Waals surface area (Å²) in [5.74, 6) is 0. The molecule has 0 atom stereocenters. The Balaban J connectivity index is -0.00000000825. The maximum Gasteiger partial charge on any atom is 0 e. The molecule has 0 aliphatic rings. The van der Waals surface area contributed by atoms with Crippen molar-refractivity contribution in [3.63, 3.8) is 0 Å². The summed E-state index contributed by atoms with van der Waals surface area (Å²) in [7, 11) is 0. The van der Waals surface area contributed by atoms with Crippen LogP contribution in [0.1, 0.15) is 49.4 Å². The van der Waals surface area contributed by atoms with Crippen LogP contribution in [0, 0.1) is 0 Å². The van der Waals surface area contributed by atoms with Crippen LogP contribution in [0.15, 0.2) is 0 Å². The average molecular weight is 123 g/mol. The molecule has 0 saturated carbocycles. The second-order valence-corrected chi connectivity index (χ2v) is 0.707. The van der Waals surface area contributed by atoms with Crippen LogP contribution in [0.25, 0.3) is 0 Å². The molecule has 0 heterocycles. The second-order valence-electron chi connectivity index (χ2n) is 0.707. The van der Waals surface area contributed by atoms with Crippen molar-refractivity contribution in [2.75, 3.05) is 0 Å². The lowest BCUT2D eigenvalue weighted by Crippen LogP contribution is -1.27. The van der Waals surface area contributed by atoms with Gasteiger partial charge < -0.3 is 6.15 Å². The van der Waals surface area contributed by atoms with Crippen molar-refractivity contribution < 1.29 is 1.43 Å². The molecule has 8 heavy (non-hydrogen) atoms. The highest BCUT2D eigenvalue weighted by molar-refractivity contribution is 3.92. The molecular weight excluding hydrogens is 98.1 g/mol. The van der Waals surface area contributed by atoms with Crippen molar-refractivity contribution in [2.45, 2.75) is 48.0 Å². The van der Waals surface area contributed by atoms with Crippen molar-refractivity contribution in [2.24, 2.45) is 0 Å². The van der Waals surface area contributed by atoms with Gasteiger partial charge in [0.2, 0.25) is 0 Å². The molecular formula is C7H25N. The molecule has 1 nitrogen and oxygen atoms in total. The molecule has 0 rings (SSSR count). The van der Waals surface area contributed by atoms with E-state index < -0.39 is 0 Å². The maximum atomic E-state index is 2.12. The van der Waals surface area contributed by atoms with E-state index in [-0.39, 0.29) is 7.58 Å². The highest BCUT2D eigenvalue weighted by Gasteiger charge is 1.35. The Morgan fingerprint density at radius 1 is 0.875 bits per heavy atom. The van der Waals surface area contributed by atoms with Crippen molar-refractivity contribution in [3.05, 3.63) is 0 Å². The van der Waals surface area contributed by atoms with Gasteiger partial charge in [0.05, 0.1) is 0 Å². The quantitative estimate of drug-likeness (QED) is 0.521. The molecule has 0 unspecified atom stereocenters. The van der Waals surface area contributed by atoms with E-state index in [0.717, 1.165) is 0 Å². The molecule has 0 spiro atoms. The van der Waals surface area contributed by atoms with Gasteiger partial charge in [0, 0.05) is 1.43 Å². The summed E-state index contributed by atoms with van der Waals surface area (Å²) in [6.45, 7) is 12.2. The van der Waals surface area contributed by atoms with E-state index in [9.17, 15) is 0 Å². The minimum absolute atomic E-state index is 0. The predicted molar refractivity (Wildman–Crippen MR) is 45.8 cm³/mol. The third kappa shape index (κ3) is 91600. The molecule has 1 heteroatoms. The Morgan fingerprint density at radius 2 is 0.875 bits per heavy atom. The smallest absolute Gasteiger partial charge is 0 e. The van der Waals surface area contributed by atoms with E-state index in [1.807, 2.05) is 27.7 Å². The lowest BCUT2D eigenvalue weighted by atomic mass is 10.6. The Hall–Kier alpha value is -0.0400. The number of hydrogen-bond acceptors (Lipinski definition) is 1. The fourth-order valence-electron chi connectivity index (χ4n) is 0. The van der Waals surface area contributed by atoms with E-state index in [2.05, 4.69) is 13.8 Å². The predicted octanol–water partition coefficient (Wildman–Crippen LogP) is 3.88. The monoisotopic (exact) mass is 123 g/mol. The number of rotatable bonds is 0. The Kier molecular flexibility index (Phi) is 825. The first-order valence-corrected chi connectivity index (χ1v) is 3.41. The molecule has 0 bridgehead atoms. The van der Waals surface area contributed by atoms with Gasteiger partial charge >= 0.3 is 0 Å². The zero-order valence-electron chi connectivity index (χ0n) is 7.41. The van der Waals surface area contributed by atoms with Crippen molar-refractivity contribution in [1.29, 1.82) is 0 Å². The Morgan fingerprint density at radius 3 is 0.875 bits per heavy atom. The molecule has 0 fully saturated rings. The summed E-state index contributed by atoms with van der Waals surface area (Å²) in [5.41, 5.74) is 0. The summed E-state index contributed by atoms with van der Waals surface area (Å²) >= 11 is 0. The van der Waals surface area contributed by atoms with E-state index in [1.165, 1.54) is 6.42 Å². The van der Waals surface area contributed by atoms with Crippen LogP contribution in [-0.2, 0) is 0 Å². The fourth-order valence-corrected chi connectivity index (χ4v) is 0. The van der Waals surface area contributed by atoms with Gasteiger partial charge in [-0.15, -0.1) is 0 Å². The van der Waals surface area contributed by atoms with Gasteiger partial charge in [-0.2, -0.15) is 0 Å². The summed E-state index contributed by atoms with van der Waals surface area (Å²) in [4.78, 5) is 0. The van der Waals surface area contributed by atoms with E-state index in [0.29, 0.717) is 0 Å². The van der Waals surface area contributed by atoms with Crippen LogP contribution in [0.5, 0.6) is 0 Å². The van der Waals surface area contributed by atoms with Gasteiger partial charge in [0.25, 0.3) is 0 Å². The third-order valence-corrected chi connectivity index (χ3v) is 0. The lowest BCUT2D eigenvalue weighted by molar-refractivity contribution is 1.09. The Bertz CT molecular complexity index is 8.88. The standard InChI is InChI=1S/C3H8.2C2H6.H3N.H2/c1-3-2;2*1-2;;/h3H2,1-2H3;2*1-2H3;1H3;1H. The molecule has 0 aliphatic carbocycles. The van der Waals surface area contributed by atoms with Crippen molar-refractivity contribution in [3.8, 4) is 0 Å². The van der Waals surface area contributed by atoms with Gasteiger partial charge in [0.1, 0.15) is 0 Å². The minimum atomic E-state index is 0. The second kappa shape index (κ2) is 268. The van der Waals surface area contributed by atoms with Crippen LogP contribution < -0.4 is 6.15 Å². The van der Waals surface area contributed by atoms with Gasteiger partial charge in [-0.05, 0) is 0 Å². The molecule has 0 aromatic heterocycles. The molecule has 0 saturated heterocycles. The van der Waals surface area contributed by atoms with E-state index in [4.69, 9.17) is 0 Å². The molecule has 0 amide bonds. The first-order valence-electron chi connectivity index (χ1n) is 3.41. The highest BCUT2D eigenvalue weighted by atomic mass is 14.0. The summed E-state index contributed by atoms with van der Waals surface area (Å²) in [6.07, 6.45) is 1.25. The van der Waals surface area contributed by atoms with Crippen LogP contribution in [-0.4, -0.2) is 0 Å². The normalized spacial score (nSPS) is 3.75. The maximum absolute atomic E-state index is 2.12.